The van der Waals surface area contributed by atoms with E-state index in [-0.39, 0.29) is 24.3 Å². The molecule has 0 radical (unpaired) electrons. The van der Waals surface area contributed by atoms with Crippen molar-refractivity contribution in [3.8, 4) is 0 Å². The second-order valence-electron chi connectivity index (χ2n) is 5.08. The number of halogens is 1. The smallest absolute Gasteiger partial charge is 0.226 e. The van der Waals surface area contributed by atoms with E-state index < -0.39 is 0 Å². The van der Waals surface area contributed by atoms with Crippen LogP contribution in [0.4, 0.5) is 5.69 Å². The lowest BCUT2D eigenvalue weighted by Crippen LogP contribution is -2.29. The van der Waals surface area contributed by atoms with Gasteiger partial charge >= 0.3 is 0 Å². The highest BCUT2D eigenvalue weighted by Gasteiger charge is 2.08. The lowest BCUT2D eigenvalue weighted by atomic mass is 10.2. The predicted octanol–water partition coefficient (Wildman–Crippen LogP) is 2.22. The molecule has 0 aliphatic rings. The van der Waals surface area contributed by atoms with E-state index in [0.717, 1.165) is 5.56 Å². The van der Waals surface area contributed by atoms with E-state index in [1.165, 1.54) is 0 Å². The minimum absolute atomic E-state index is 0.00449. The molecular formula is C15H22ClN3O2. The maximum atomic E-state index is 11.8. The molecule has 1 rings (SSSR count). The third-order valence-electron chi connectivity index (χ3n) is 3.04. The number of amides is 2. The first-order valence-electron chi connectivity index (χ1n) is 6.97. The Labute approximate surface area is 130 Å². The van der Waals surface area contributed by atoms with Gasteiger partial charge in [0, 0.05) is 36.1 Å². The van der Waals surface area contributed by atoms with Crippen LogP contribution in [0.2, 0.25) is 5.02 Å². The number of benzene rings is 1. The Kier molecular flexibility index (Phi) is 7.19. The average Bonchev–Trinajstić information content (AvgIpc) is 2.41. The number of carbonyl (C=O) groups is 2. The lowest BCUT2D eigenvalue weighted by Gasteiger charge is -2.10. The van der Waals surface area contributed by atoms with E-state index in [0.29, 0.717) is 30.1 Å². The van der Waals surface area contributed by atoms with Crippen LogP contribution in [0.5, 0.6) is 0 Å². The molecular weight excluding hydrogens is 290 g/mol. The van der Waals surface area contributed by atoms with Gasteiger partial charge in [0.1, 0.15) is 0 Å². The molecule has 0 saturated heterocycles. The van der Waals surface area contributed by atoms with Crippen molar-refractivity contribution in [3.05, 3.63) is 28.8 Å². The molecule has 0 saturated carbocycles. The summed E-state index contributed by atoms with van der Waals surface area (Å²) in [5.41, 5.74) is 7.09. The average molecular weight is 312 g/mol. The summed E-state index contributed by atoms with van der Waals surface area (Å²) in [6, 6.07) is 5.34. The molecule has 0 aliphatic heterocycles. The Bertz CT molecular complexity index is 504. The van der Waals surface area contributed by atoms with Crippen molar-refractivity contribution >= 4 is 29.1 Å². The van der Waals surface area contributed by atoms with Crippen LogP contribution in [0.1, 0.15) is 31.7 Å². The number of hydrogen-bond acceptors (Lipinski definition) is 3. The van der Waals surface area contributed by atoms with Crippen molar-refractivity contribution in [1.29, 1.82) is 0 Å². The molecule has 0 aromatic heterocycles. The largest absolute Gasteiger partial charge is 0.356 e. The van der Waals surface area contributed by atoms with Crippen LogP contribution < -0.4 is 16.4 Å². The standard InChI is InChI=1S/C15H22ClN3O2/c1-10(17)6-7-14(20)18-9-8-15(21)19-13-5-3-4-12(16)11(13)2/h3-5,10H,6-9,17H2,1-2H3,(H,18,20)(H,19,21). The van der Waals surface area contributed by atoms with Crippen molar-refractivity contribution in [2.75, 3.05) is 11.9 Å². The topological polar surface area (TPSA) is 84.2 Å². The number of hydrogen-bond donors (Lipinski definition) is 3. The first kappa shape index (κ1) is 17.5. The van der Waals surface area contributed by atoms with Crippen molar-refractivity contribution in [3.63, 3.8) is 0 Å². The van der Waals surface area contributed by atoms with Gasteiger partial charge in [0.15, 0.2) is 0 Å². The third-order valence-corrected chi connectivity index (χ3v) is 3.45. The van der Waals surface area contributed by atoms with Gasteiger partial charge in [-0.25, -0.2) is 0 Å². The third kappa shape index (κ3) is 6.60. The maximum Gasteiger partial charge on any atom is 0.226 e. The fourth-order valence-corrected chi connectivity index (χ4v) is 1.89. The molecule has 0 heterocycles. The predicted molar refractivity (Wildman–Crippen MR) is 85.3 cm³/mol. The summed E-state index contributed by atoms with van der Waals surface area (Å²) < 4.78 is 0. The molecule has 2 amide bonds. The lowest BCUT2D eigenvalue weighted by molar-refractivity contribution is -0.121. The molecule has 4 N–H and O–H groups in total. The summed E-state index contributed by atoms with van der Waals surface area (Å²) >= 11 is 5.98. The van der Waals surface area contributed by atoms with E-state index >= 15 is 0 Å². The van der Waals surface area contributed by atoms with Gasteiger partial charge < -0.3 is 16.4 Å². The van der Waals surface area contributed by atoms with Crippen molar-refractivity contribution in [2.24, 2.45) is 5.73 Å². The molecule has 0 spiro atoms. The van der Waals surface area contributed by atoms with E-state index in [2.05, 4.69) is 10.6 Å². The Hall–Kier alpha value is -1.59. The molecule has 6 heteroatoms. The SMILES string of the molecule is Cc1c(Cl)cccc1NC(=O)CCNC(=O)CCC(C)N. The number of nitrogens with two attached hydrogens (primary N) is 1. The molecule has 5 nitrogen and oxygen atoms in total. The van der Waals surface area contributed by atoms with Crippen molar-refractivity contribution in [2.45, 2.75) is 39.2 Å². The summed E-state index contributed by atoms with van der Waals surface area (Å²) in [5, 5.41) is 6.09. The molecule has 0 bridgehead atoms. The van der Waals surface area contributed by atoms with E-state index in [4.69, 9.17) is 17.3 Å². The molecule has 0 fully saturated rings. The Balaban J connectivity index is 2.31. The van der Waals surface area contributed by atoms with Crippen LogP contribution >= 0.6 is 11.6 Å². The summed E-state index contributed by atoms with van der Waals surface area (Å²) in [6.07, 6.45) is 1.24. The summed E-state index contributed by atoms with van der Waals surface area (Å²) in [6.45, 7) is 4.00. The monoisotopic (exact) mass is 311 g/mol. The second kappa shape index (κ2) is 8.64. The summed E-state index contributed by atoms with van der Waals surface area (Å²) in [7, 11) is 0. The van der Waals surface area contributed by atoms with Gasteiger partial charge in [0.2, 0.25) is 11.8 Å². The van der Waals surface area contributed by atoms with Gasteiger partial charge in [-0.1, -0.05) is 17.7 Å². The number of anilines is 1. The van der Waals surface area contributed by atoms with Gasteiger partial charge in [-0.05, 0) is 38.0 Å². The number of nitrogens with one attached hydrogen (secondary N) is 2. The fourth-order valence-electron chi connectivity index (χ4n) is 1.72. The quantitative estimate of drug-likeness (QED) is 0.722. The highest BCUT2D eigenvalue weighted by molar-refractivity contribution is 6.31. The maximum absolute atomic E-state index is 11.8. The van der Waals surface area contributed by atoms with E-state index in [1.54, 1.807) is 18.2 Å². The highest BCUT2D eigenvalue weighted by atomic mass is 35.5. The van der Waals surface area contributed by atoms with Gasteiger partial charge in [-0.2, -0.15) is 0 Å². The first-order valence-corrected chi connectivity index (χ1v) is 7.35. The van der Waals surface area contributed by atoms with Crippen LogP contribution in [-0.2, 0) is 9.59 Å². The van der Waals surface area contributed by atoms with Gasteiger partial charge in [-0.15, -0.1) is 0 Å². The molecule has 1 aromatic carbocycles. The summed E-state index contributed by atoms with van der Waals surface area (Å²) in [5.74, 6) is -0.244. The Morgan fingerprint density at radius 3 is 2.67 bits per heavy atom. The van der Waals surface area contributed by atoms with Crippen LogP contribution in [0, 0.1) is 6.92 Å². The van der Waals surface area contributed by atoms with Crippen LogP contribution in [0.25, 0.3) is 0 Å². The van der Waals surface area contributed by atoms with Gasteiger partial charge in [0.25, 0.3) is 0 Å². The minimum Gasteiger partial charge on any atom is -0.356 e. The zero-order chi connectivity index (χ0) is 15.8. The molecule has 1 aromatic rings. The van der Waals surface area contributed by atoms with Crippen LogP contribution in [0.15, 0.2) is 18.2 Å². The fraction of sp³-hybridized carbons (Fsp3) is 0.467. The molecule has 116 valence electrons. The number of carbonyl (C=O) groups excluding carboxylic acids is 2. The number of rotatable bonds is 7. The van der Waals surface area contributed by atoms with E-state index in [9.17, 15) is 9.59 Å². The van der Waals surface area contributed by atoms with Gasteiger partial charge in [-0.3, -0.25) is 9.59 Å². The molecule has 1 atom stereocenters. The molecule has 21 heavy (non-hydrogen) atoms. The Morgan fingerprint density at radius 2 is 2.00 bits per heavy atom. The highest BCUT2D eigenvalue weighted by Crippen LogP contribution is 2.22. The van der Waals surface area contributed by atoms with Crippen molar-refractivity contribution < 1.29 is 9.59 Å². The van der Waals surface area contributed by atoms with Crippen molar-refractivity contribution in [1.82, 2.24) is 5.32 Å². The normalized spacial score (nSPS) is 11.8. The molecule has 0 aliphatic carbocycles. The second-order valence-corrected chi connectivity index (χ2v) is 5.48. The zero-order valence-electron chi connectivity index (χ0n) is 12.4. The van der Waals surface area contributed by atoms with Gasteiger partial charge in [0.05, 0.1) is 0 Å². The van der Waals surface area contributed by atoms with Crippen LogP contribution in [-0.4, -0.2) is 24.4 Å². The van der Waals surface area contributed by atoms with E-state index in [1.807, 2.05) is 13.8 Å². The molecule has 1 unspecified atom stereocenters. The van der Waals surface area contributed by atoms with Crippen LogP contribution in [0.3, 0.4) is 0 Å². The first-order chi connectivity index (χ1) is 9.90. The minimum atomic E-state index is -0.159. The zero-order valence-corrected chi connectivity index (χ0v) is 13.2. The summed E-state index contributed by atoms with van der Waals surface area (Å²) in [4.78, 5) is 23.3. The Morgan fingerprint density at radius 1 is 1.29 bits per heavy atom.